The van der Waals surface area contributed by atoms with Gasteiger partial charge in [0.2, 0.25) is 0 Å². The van der Waals surface area contributed by atoms with Crippen molar-refractivity contribution in [1.29, 1.82) is 0 Å². The van der Waals surface area contributed by atoms with Gasteiger partial charge in [-0.05, 0) is 38.2 Å². The summed E-state index contributed by atoms with van der Waals surface area (Å²) < 4.78 is 23.1. The molecule has 2 rings (SSSR count). The van der Waals surface area contributed by atoms with Gasteiger partial charge in [0, 0.05) is 19.1 Å². The molecule has 0 saturated carbocycles. The molecule has 0 spiro atoms. The fourth-order valence-corrected chi connectivity index (χ4v) is 4.55. The molecule has 1 aliphatic rings. The maximum absolute atomic E-state index is 11.5. The molecular formula is C18H29N3O2S. The van der Waals surface area contributed by atoms with Crippen LogP contribution in [0.15, 0.2) is 35.3 Å². The largest absolute Gasteiger partial charge is 0.357 e. The molecule has 0 aromatic heterocycles. The normalized spacial score (nSPS) is 20.0. The second kappa shape index (κ2) is 9.67. The number of hydrogen-bond donors (Lipinski definition) is 2. The van der Waals surface area contributed by atoms with Crippen LogP contribution in [0.2, 0.25) is 0 Å². The summed E-state index contributed by atoms with van der Waals surface area (Å²) in [6.07, 6.45) is 5.15. The molecule has 0 radical (unpaired) electrons. The zero-order chi connectivity index (χ0) is 17.3. The van der Waals surface area contributed by atoms with Crippen LogP contribution < -0.4 is 10.6 Å². The summed E-state index contributed by atoms with van der Waals surface area (Å²) in [5.74, 6) is 1.24. The Labute approximate surface area is 145 Å². The van der Waals surface area contributed by atoms with Gasteiger partial charge < -0.3 is 10.6 Å². The summed E-state index contributed by atoms with van der Waals surface area (Å²) in [6.45, 7) is 3.56. The Bertz CT molecular complexity index is 614. The molecule has 1 aliphatic heterocycles. The van der Waals surface area contributed by atoms with Gasteiger partial charge >= 0.3 is 0 Å². The maximum atomic E-state index is 11.5. The minimum atomic E-state index is -2.86. The topological polar surface area (TPSA) is 70.6 Å². The van der Waals surface area contributed by atoms with Crippen LogP contribution in [-0.4, -0.2) is 45.0 Å². The van der Waals surface area contributed by atoms with E-state index in [1.807, 2.05) is 13.0 Å². The smallest absolute Gasteiger partial charge is 0.191 e. The molecule has 1 unspecified atom stereocenters. The fraction of sp³-hybridized carbons (Fsp3) is 0.611. The number of aliphatic imine (C=N–C) groups is 1. The molecular weight excluding hydrogens is 322 g/mol. The first-order valence-electron chi connectivity index (χ1n) is 8.88. The first-order chi connectivity index (χ1) is 11.6. The minimum Gasteiger partial charge on any atom is -0.357 e. The highest BCUT2D eigenvalue weighted by molar-refractivity contribution is 7.91. The first kappa shape index (κ1) is 18.8. The highest BCUT2D eigenvalue weighted by atomic mass is 32.2. The average Bonchev–Trinajstić information content (AvgIpc) is 2.90. The lowest BCUT2D eigenvalue weighted by molar-refractivity contribution is 0.599. The molecule has 1 aromatic carbocycles. The SMILES string of the molecule is CCNC(=NCCCCCc1ccccc1)NC1CCS(=O)(=O)C1. The highest BCUT2D eigenvalue weighted by Gasteiger charge is 2.28. The zero-order valence-electron chi connectivity index (χ0n) is 14.5. The summed E-state index contributed by atoms with van der Waals surface area (Å²) in [4.78, 5) is 4.57. The van der Waals surface area contributed by atoms with E-state index in [4.69, 9.17) is 0 Å². The lowest BCUT2D eigenvalue weighted by atomic mass is 10.1. The molecule has 1 heterocycles. The predicted molar refractivity (Wildman–Crippen MR) is 100 cm³/mol. The van der Waals surface area contributed by atoms with Crippen LogP contribution in [0, 0.1) is 0 Å². The van der Waals surface area contributed by atoms with E-state index in [1.165, 1.54) is 12.0 Å². The number of hydrogen-bond acceptors (Lipinski definition) is 3. The van der Waals surface area contributed by atoms with Gasteiger partial charge in [0.25, 0.3) is 0 Å². The Balaban J connectivity index is 1.67. The van der Waals surface area contributed by atoms with Crippen LogP contribution in [0.3, 0.4) is 0 Å². The number of rotatable bonds is 8. The predicted octanol–water partition coefficient (Wildman–Crippen LogP) is 2.14. The van der Waals surface area contributed by atoms with Crippen LogP contribution in [-0.2, 0) is 16.3 Å². The third kappa shape index (κ3) is 6.91. The molecule has 0 amide bonds. The summed E-state index contributed by atoms with van der Waals surface area (Å²) in [5.41, 5.74) is 1.39. The van der Waals surface area contributed by atoms with Crippen molar-refractivity contribution in [1.82, 2.24) is 10.6 Å². The lowest BCUT2D eigenvalue weighted by Crippen LogP contribution is -2.44. The molecule has 134 valence electrons. The van der Waals surface area contributed by atoms with Crippen molar-refractivity contribution in [3.05, 3.63) is 35.9 Å². The Morgan fingerprint density at radius 3 is 2.67 bits per heavy atom. The highest BCUT2D eigenvalue weighted by Crippen LogP contribution is 2.11. The Hall–Kier alpha value is -1.56. The van der Waals surface area contributed by atoms with Crippen LogP contribution in [0.5, 0.6) is 0 Å². The van der Waals surface area contributed by atoms with Crippen molar-refractivity contribution >= 4 is 15.8 Å². The quantitative estimate of drug-likeness (QED) is 0.428. The molecule has 1 saturated heterocycles. The van der Waals surface area contributed by atoms with Gasteiger partial charge in [-0.1, -0.05) is 36.8 Å². The maximum Gasteiger partial charge on any atom is 0.191 e. The van der Waals surface area contributed by atoms with Crippen molar-refractivity contribution in [2.75, 3.05) is 24.6 Å². The van der Waals surface area contributed by atoms with Crippen LogP contribution in [0.25, 0.3) is 0 Å². The minimum absolute atomic E-state index is 0.00844. The third-order valence-electron chi connectivity index (χ3n) is 4.15. The zero-order valence-corrected chi connectivity index (χ0v) is 15.3. The van der Waals surface area contributed by atoms with E-state index >= 15 is 0 Å². The third-order valence-corrected chi connectivity index (χ3v) is 5.92. The van der Waals surface area contributed by atoms with Gasteiger partial charge in [0.05, 0.1) is 11.5 Å². The second-order valence-corrected chi connectivity index (χ2v) is 8.53. The van der Waals surface area contributed by atoms with E-state index in [1.54, 1.807) is 0 Å². The number of nitrogens with zero attached hydrogens (tertiary/aromatic N) is 1. The Morgan fingerprint density at radius 2 is 2.00 bits per heavy atom. The van der Waals surface area contributed by atoms with Crippen LogP contribution in [0.4, 0.5) is 0 Å². The number of guanidine groups is 1. The van der Waals surface area contributed by atoms with E-state index in [2.05, 4.69) is 39.9 Å². The van der Waals surface area contributed by atoms with Gasteiger partial charge in [-0.25, -0.2) is 8.42 Å². The molecule has 1 atom stereocenters. The van der Waals surface area contributed by atoms with E-state index in [0.717, 1.165) is 38.3 Å². The van der Waals surface area contributed by atoms with E-state index in [9.17, 15) is 8.42 Å². The van der Waals surface area contributed by atoms with Crippen molar-refractivity contribution in [3.63, 3.8) is 0 Å². The van der Waals surface area contributed by atoms with Crippen molar-refractivity contribution < 1.29 is 8.42 Å². The molecule has 1 aromatic rings. The van der Waals surface area contributed by atoms with Crippen molar-refractivity contribution in [2.45, 2.75) is 45.1 Å². The van der Waals surface area contributed by atoms with Gasteiger partial charge in [0.1, 0.15) is 0 Å². The molecule has 6 heteroatoms. The first-order valence-corrected chi connectivity index (χ1v) is 10.7. The molecule has 24 heavy (non-hydrogen) atoms. The van der Waals surface area contributed by atoms with Crippen molar-refractivity contribution in [2.24, 2.45) is 4.99 Å². The fourth-order valence-electron chi connectivity index (χ4n) is 2.88. The number of aryl methyl sites for hydroxylation is 1. The number of sulfone groups is 1. The van der Waals surface area contributed by atoms with Crippen LogP contribution >= 0.6 is 0 Å². The molecule has 2 N–H and O–H groups in total. The van der Waals surface area contributed by atoms with Gasteiger partial charge in [-0.2, -0.15) is 0 Å². The number of benzene rings is 1. The van der Waals surface area contributed by atoms with Gasteiger partial charge in [-0.3, -0.25) is 4.99 Å². The van der Waals surface area contributed by atoms with Crippen molar-refractivity contribution in [3.8, 4) is 0 Å². The summed E-state index contributed by atoms with van der Waals surface area (Å²) in [7, 11) is -2.86. The van der Waals surface area contributed by atoms with Gasteiger partial charge in [0.15, 0.2) is 15.8 Å². The summed E-state index contributed by atoms with van der Waals surface area (Å²) in [5, 5.41) is 6.45. The van der Waals surface area contributed by atoms with E-state index in [0.29, 0.717) is 6.42 Å². The number of nitrogens with one attached hydrogen (secondary N) is 2. The molecule has 0 bridgehead atoms. The second-order valence-electron chi connectivity index (χ2n) is 6.30. The molecule has 5 nitrogen and oxygen atoms in total. The average molecular weight is 352 g/mol. The lowest BCUT2D eigenvalue weighted by Gasteiger charge is -2.15. The molecule has 0 aliphatic carbocycles. The monoisotopic (exact) mass is 351 g/mol. The summed E-state index contributed by atoms with van der Waals surface area (Å²) in [6, 6.07) is 10.5. The Kier molecular flexibility index (Phi) is 7.56. The number of unbranched alkanes of at least 4 members (excludes halogenated alkanes) is 2. The Morgan fingerprint density at radius 1 is 1.21 bits per heavy atom. The molecule has 1 fully saturated rings. The summed E-state index contributed by atoms with van der Waals surface area (Å²) >= 11 is 0. The van der Waals surface area contributed by atoms with E-state index in [-0.39, 0.29) is 17.5 Å². The van der Waals surface area contributed by atoms with Gasteiger partial charge in [-0.15, -0.1) is 0 Å². The van der Waals surface area contributed by atoms with Crippen LogP contribution in [0.1, 0.15) is 38.2 Å². The standard InChI is InChI=1S/C18H29N3O2S/c1-2-19-18(21-17-12-14-24(22,23)15-17)20-13-8-4-7-11-16-9-5-3-6-10-16/h3,5-6,9-10,17H,2,4,7-8,11-15H2,1H3,(H2,19,20,21). The van der Waals surface area contributed by atoms with E-state index < -0.39 is 9.84 Å².